The summed E-state index contributed by atoms with van der Waals surface area (Å²) in [6.45, 7) is 7.40. The van der Waals surface area contributed by atoms with E-state index in [1.807, 2.05) is 18.2 Å². The molecule has 2 aromatic carbocycles. The van der Waals surface area contributed by atoms with Gasteiger partial charge < -0.3 is 8.85 Å². The molecule has 2 rings (SSSR count). The van der Waals surface area contributed by atoms with E-state index in [2.05, 4.69) is 62.0 Å². The van der Waals surface area contributed by atoms with Crippen molar-refractivity contribution < 1.29 is 8.85 Å². The molecule has 2 aromatic rings. The zero-order valence-electron chi connectivity index (χ0n) is 14.6. The fourth-order valence-electron chi connectivity index (χ4n) is 2.66. The Hall–Kier alpha value is -1.68. The lowest BCUT2D eigenvalue weighted by molar-refractivity contribution is 0.187. The van der Waals surface area contributed by atoms with Gasteiger partial charge in [-0.1, -0.05) is 80.1 Å². The molecule has 0 saturated heterocycles. The molecule has 0 saturated carbocycles. The molecule has 24 heavy (non-hydrogen) atoms. The van der Waals surface area contributed by atoms with Crippen LogP contribution in [-0.4, -0.2) is 21.8 Å². The summed E-state index contributed by atoms with van der Waals surface area (Å²) in [6.07, 6.45) is 6.03. The highest BCUT2D eigenvalue weighted by molar-refractivity contribution is 6.92. The summed E-state index contributed by atoms with van der Waals surface area (Å²) in [5.74, 6) is 0. The van der Waals surface area contributed by atoms with E-state index in [4.69, 9.17) is 8.85 Å². The number of rotatable bonds is 11. The summed E-state index contributed by atoms with van der Waals surface area (Å²) in [7, 11) is -2.67. The normalized spacial score (nSPS) is 11.4. The minimum absolute atomic E-state index is 0.689. The highest BCUT2D eigenvalue weighted by Gasteiger charge is 2.42. The smallest absolute Gasteiger partial charge is 0.388 e. The lowest BCUT2D eigenvalue weighted by atomic mass is 10.3. The molecule has 0 amide bonds. The molecule has 0 unspecified atom stereocenters. The summed E-state index contributed by atoms with van der Waals surface area (Å²) < 4.78 is 13.0. The first-order valence-corrected chi connectivity index (χ1v) is 10.6. The first kappa shape index (κ1) is 18.7. The molecule has 2 nitrogen and oxygen atoms in total. The summed E-state index contributed by atoms with van der Waals surface area (Å²) >= 11 is 0. The minimum Gasteiger partial charge on any atom is -0.388 e. The Bertz CT molecular complexity index is 544. The molecule has 0 radical (unpaired) electrons. The largest absolute Gasteiger partial charge is 0.407 e. The van der Waals surface area contributed by atoms with Gasteiger partial charge in [-0.25, -0.2) is 0 Å². The number of hydrogen-bond acceptors (Lipinski definition) is 2. The van der Waals surface area contributed by atoms with Crippen molar-refractivity contribution in [3.8, 4) is 0 Å². The van der Waals surface area contributed by atoms with Crippen LogP contribution in [0.2, 0.25) is 0 Å². The maximum absolute atomic E-state index is 6.52. The van der Waals surface area contributed by atoms with Crippen LogP contribution >= 0.6 is 0 Å². The second kappa shape index (κ2) is 10.2. The van der Waals surface area contributed by atoms with E-state index in [0.717, 1.165) is 32.3 Å². The van der Waals surface area contributed by atoms with E-state index in [0.29, 0.717) is 6.61 Å². The molecule has 128 valence electrons. The van der Waals surface area contributed by atoms with Crippen molar-refractivity contribution >= 4 is 18.9 Å². The molecule has 0 atom stereocenters. The van der Waals surface area contributed by atoms with Crippen LogP contribution in [-0.2, 0) is 8.85 Å². The molecule has 0 spiro atoms. The van der Waals surface area contributed by atoms with Crippen LogP contribution in [0.15, 0.2) is 73.3 Å². The van der Waals surface area contributed by atoms with Crippen LogP contribution in [0, 0.1) is 0 Å². The second-order valence-electron chi connectivity index (χ2n) is 5.83. The van der Waals surface area contributed by atoms with Crippen LogP contribution in [0.5, 0.6) is 0 Å². The van der Waals surface area contributed by atoms with Gasteiger partial charge in [0.25, 0.3) is 0 Å². The van der Waals surface area contributed by atoms with Gasteiger partial charge in [0.05, 0.1) is 0 Å². The molecule has 3 heteroatoms. The predicted octanol–water partition coefficient (Wildman–Crippen LogP) is 4.04. The van der Waals surface area contributed by atoms with E-state index < -0.39 is 8.56 Å². The third-order valence-electron chi connectivity index (χ3n) is 3.97. The third kappa shape index (κ3) is 4.90. The van der Waals surface area contributed by atoms with Gasteiger partial charge in [-0.3, -0.25) is 0 Å². The molecule has 0 heterocycles. The zero-order valence-corrected chi connectivity index (χ0v) is 15.6. The second-order valence-corrected chi connectivity index (χ2v) is 8.80. The van der Waals surface area contributed by atoms with E-state index >= 15 is 0 Å². The number of hydrogen-bond donors (Lipinski definition) is 0. The summed E-state index contributed by atoms with van der Waals surface area (Å²) in [6, 6.07) is 20.9. The monoisotopic (exact) mass is 340 g/mol. The van der Waals surface area contributed by atoms with Crippen molar-refractivity contribution in [2.45, 2.75) is 32.6 Å². The molecular weight excluding hydrogens is 312 g/mol. The summed E-state index contributed by atoms with van der Waals surface area (Å²) in [4.78, 5) is 0. The number of unbranched alkanes of at least 4 members (excludes halogenated alkanes) is 2. The average Bonchev–Trinajstić information content (AvgIpc) is 2.65. The highest BCUT2D eigenvalue weighted by Crippen LogP contribution is 2.12. The van der Waals surface area contributed by atoms with Crippen molar-refractivity contribution in [2.75, 3.05) is 13.2 Å². The molecule has 0 aliphatic carbocycles. The van der Waals surface area contributed by atoms with Gasteiger partial charge in [0.2, 0.25) is 0 Å². The molecule has 0 N–H and O–H groups in total. The van der Waals surface area contributed by atoms with Crippen molar-refractivity contribution in [1.29, 1.82) is 0 Å². The Morgan fingerprint density at radius 1 is 0.833 bits per heavy atom. The average molecular weight is 341 g/mol. The Labute approximate surface area is 147 Å². The molecule has 0 bridgehead atoms. The molecule has 0 fully saturated rings. The van der Waals surface area contributed by atoms with Gasteiger partial charge in [-0.15, -0.1) is 6.58 Å². The van der Waals surface area contributed by atoms with Crippen LogP contribution in [0.4, 0.5) is 0 Å². The fourth-order valence-corrected chi connectivity index (χ4v) is 5.87. The molecule has 0 aliphatic rings. The predicted molar refractivity (Wildman–Crippen MR) is 104 cm³/mol. The van der Waals surface area contributed by atoms with E-state index in [-0.39, 0.29) is 0 Å². The van der Waals surface area contributed by atoms with E-state index in [1.54, 1.807) is 0 Å². The molecule has 0 aliphatic heterocycles. The van der Waals surface area contributed by atoms with Gasteiger partial charge in [-0.2, -0.15) is 0 Å². The summed E-state index contributed by atoms with van der Waals surface area (Å²) in [5.41, 5.74) is 0. The van der Waals surface area contributed by atoms with Crippen molar-refractivity contribution in [3.05, 3.63) is 73.3 Å². The maximum Gasteiger partial charge on any atom is 0.407 e. The van der Waals surface area contributed by atoms with Crippen molar-refractivity contribution in [3.63, 3.8) is 0 Å². The SMILES string of the molecule is C=CCCCO[Si](OCCCC)(c1ccccc1)c1ccccc1. The highest BCUT2D eigenvalue weighted by atomic mass is 28.4. The van der Waals surface area contributed by atoms with Crippen LogP contribution in [0.25, 0.3) is 0 Å². The third-order valence-corrected chi connectivity index (χ3v) is 7.38. The Kier molecular flexibility index (Phi) is 7.96. The quantitative estimate of drug-likeness (QED) is 0.349. The van der Waals surface area contributed by atoms with Crippen LogP contribution in [0.3, 0.4) is 0 Å². The Morgan fingerprint density at radius 3 is 1.79 bits per heavy atom. The maximum atomic E-state index is 6.52. The first-order chi connectivity index (χ1) is 11.8. The Morgan fingerprint density at radius 2 is 1.33 bits per heavy atom. The lowest BCUT2D eigenvalue weighted by Crippen LogP contribution is -2.63. The van der Waals surface area contributed by atoms with E-state index in [9.17, 15) is 0 Å². The van der Waals surface area contributed by atoms with Gasteiger partial charge >= 0.3 is 8.56 Å². The minimum atomic E-state index is -2.67. The summed E-state index contributed by atoms with van der Waals surface area (Å²) in [5, 5.41) is 2.34. The van der Waals surface area contributed by atoms with Crippen LogP contribution < -0.4 is 10.4 Å². The first-order valence-electron chi connectivity index (χ1n) is 8.83. The Balaban J connectivity index is 2.36. The lowest BCUT2D eigenvalue weighted by Gasteiger charge is -2.31. The fraction of sp³-hybridized carbons (Fsp3) is 0.333. The van der Waals surface area contributed by atoms with Gasteiger partial charge in [0, 0.05) is 13.2 Å². The number of benzene rings is 2. The van der Waals surface area contributed by atoms with Crippen molar-refractivity contribution in [1.82, 2.24) is 0 Å². The standard InChI is InChI=1S/C21H28O2Si/c1-3-5-13-19-23-24(22-18-6-4-2,20-14-9-7-10-15-20)21-16-11-8-12-17-21/h3,7-12,14-17H,1,4-6,13,18-19H2,2H3. The zero-order chi connectivity index (χ0) is 17.1. The number of allylic oxidation sites excluding steroid dienone is 1. The molecule has 0 aromatic heterocycles. The van der Waals surface area contributed by atoms with Crippen LogP contribution in [0.1, 0.15) is 32.6 Å². The van der Waals surface area contributed by atoms with Gasteiger partial charge in [0.1, 0.15) is 0 Å². The van der Waals surface area contributed by atoms with Gasteiger partial charge in [0.15, 0.2) is 0 Å². The topological polar surface area (TPSA) is 18.5 Å². The van der Waals surface area contributed by atoms with Crippen molar-refractivity contribution in [2.24, 2.45) is 0 Å². The van der Waals surface area contributed by atoms with E-state index in [1.165, 1.54) is 10.4 Å². The molecular formula is C21H28O2Si. The van der Waals surface area contributed by atoms with Gasteiger partial charge in [-0.05, 0) is 29.6 Å².